The lowest BCUT2D eigenvalue weighted by atomic mass is 9.97. The molecule has 9 heteroatoms. The van der Waals surface area contributed by atoms with Gasteiger partial charge in [-0.25, -0.2) is 0 Å². The summed E-state index contributed by atoms with van der Waals surface area (Å²) in [5.74, 6) is 0.992. The third-order valence-corrected chi connectivity index (χ3v) is 7.27. The smallest absolute Gasteiger partial charge is 0.204 e. The third-order valence-electron chi connectivity index (χ3n) is 7.27. The fourth-order valence-electron chi connectivity index (χ4n) is 5.14. The van der Waals surface area contributed by atoms with Gasteiger partial charge in [0.25, 0.3) is 0 Å². The van der Waals surface area contributed by atoms with Crippen molar-refractivity contribution in [2.45, 2.75) is 66.2 Å². The Bertz CT molecular complexity index is 1690. The molecular formula is C38H50N8O. The number of allylic oxidation sites excluding steroid dienone is 3. The highest BCUT2D eigenvalue weighted by Crippen LogP contribution is 2.39. The lowest BCUT2D eigenvalue weighted by molar-refractivity contribution is -0.106. The summed E-state index contributed by atoms with van der Waals surface area (Å²) < 4.78 is 0. The molecule has 9 nitrogen and oxygen atoms in total. The molecule has 4 aromatic rings. The predicted molar refractivity (Wildman–Crippen MR) is 198 cm³/mol. The van der Waals surface area contributed by atoms with Crippen molar-refractivity contribution in [2.75, 3.05) is 17.2 Å². The van der Waals surface area contributed by atoms with E-state index in [2.05, 4.69) is 103 Å². The second-order valence-corrected chi connectivity index (χ2v) is 10.8. The molecule has 0 fully saturated rings. The molecule has 2 aromatic carbocycles. The molecule has 1 aliphatic heterocycles. The van der Waals surface area contributed by atoms with Crippen molar-refractivity contribution < 1.29 is 4.79 Å². The molecule has 47 heavy (non-hydrogen) atoms. The van der Waals surface area contributed by atoms with Crippen molar-refractivity contribution in [3.05, 3.63) is 107 Å². The Morgan fingerprint density at radius 3 is 2.45 bits per heavy atom. The number of carbonyl (C=O) groups excluding carboxylic acids is 1. The molecule has 1 unspecified atom stereocenters. The number of nitrogens with zero attached hydrogens (tertiary/aromatic N) is 2. The second-order valence-electron chi connectivity index (χ2n) is 10.8. The molecule has 0 saturated heterocycles. The van der Waals surface area contributed by atoms with E-state index in [0.29, 0.717) is 11.7 Å². The van der Waals surface area contributed by atoms with Crippen molar-refractivity contribution in [3.63, 3.8) is 0 Å². The number of fused-ring (bicyclic) bond motifs is 2. The van der Waals surface area contributed by atoms with E-state index in [1.807, 2.05) is 38.3 Å². The highest BCUT2D eigenvalue weighted by atomic mass is 16.1. The molecule has 0 saturated carbocycles. The lowest BCUT2D eigenvalue weighted by Crippen LogP contribution is -2.10. The van der Waals surface area contributed by atoms with Gasteiger partial charge in [-0.05, 0) is 79.8 Å². The number of terminal acetylenes is 1. The fraction of sp³-hybridized carbons (Fsp3) is 0.289. The summed E-state index contributed by atoms with van der Waals surface area (Å²) in [7, 11) is 0. The van der Waals surface area contributed by atoms with Crippen LogP contribution in [0.25, 0.3) is 22.2 Å². The van der Waals surface area contributed by atoms with Gasteiger partial charge in [-0.3, -0.25) is 14.8 Å². The molecule has 0 aliphatic carbocycles. The standard InChI is InChI=1S/C33H38N6.C2H3N.C2H6.CH3NO/c1-4-6-26(34)13-15-30(35)39-29-18-23(17-25-7-5-16-36-31(25)29)10-14-27-19-28-22(3)20-37-33(28)32(38-27)24-11-8-21(2)9-12-24;1-2-3;1-2;2-1-3/h5,7-9,11-13,15-19,22,37,39H,4,6,10,14,20,34-35H2,1-3H3;1H,3H2;1-2H3;1H,(H2,2,3)/b26-13-,30-15+;;;. The van der Waals surface area contributed by atoms with Crippen LogP contribution in [0.2, 0.25) is 0 Å². The number of rotatable bonds is 9. The zero-order valence-corrected chi connectivity index (χ0v) is 28.3. The van der Waals surface area contributed by atoms with Gasteiger partial charge < -0.3 is 33.6 Å². The number of nitrogens with one attached hydrogen (secondary N) is 2. The number of amides is 1. The molecule has 1 amide bonds. The number of aryl methyl sites for hydroxylation is 3. The normalized spacial score (nSPS) is 13.2. The van der Waals surface area contributed by atoms with Gasteiger partial charge >= 0.3 is 0 Å². The quantitative estimate of drug-likeness (QED) is 0.0529. The Kier molecular flexibility index (Phi) is 15.9. The van der Waals surface area contributed by atoms with Crippen molar-refractivity contribution in [1.82, 2.24) is 9.97 Å². The Labute approximate surface area is 279 Å². The Hall–Kier alpha value is -5.49. The summed E-state index contributed by atoms with van der Waals surface area (Å²) in [6.45, 7) is 11.4. The first-order valence-corrected chi connectivity index (χ1v) is 16.0. The van der Waals surface area contributed by atoms with Gasteiger partial charge in [-0.1, -0.05) is 76.4 Å². The zero-order chi connectivity index (χ0) is 34.8. The van der Waals surface area contributed by atoms with Crippen LogP contribution in [-0.4, -0.2) is 22.9 Å². The molecule has 3 heterocycles. The van der Waals surface area contributed by atoms with Crippen LogP contribution in [0.4, 0.5) is 11.4 Å². The van der Waals surface area contributed by atoms with Crippen molar-refractivity contribution in [2.24, 2.45) is 22.9 Å². The van der Waals surface area contributed by atoms with Crippen LogP contribution in [-0.2, 0) is 17.6 Å². The number of carbonyl (C=O) groups is 1. The molecule has 1 atom stereocenters. The van der Waals surface area contributed by atoms with Gasteiger partial charge in [-0.2, -0.15) is 0 Å². The summed E-state index contributed by atoms with van der Waals surface area (Å²) in [5.41, 5.74) is 31.8. The number of anilines is 2. The van der Waals surface area contributed by atoms with Crippen molar-refractivity contribution in [1.29, 1.82) is 0 Å². The summed E-state index contributed by atoms with van der Waals surface area (Å²) in [5, 5.41) is 8.02. The topological polar surface area (TPSA) is 171 Å². The van der Waals surface area contributed by atoms with Crippen LogP contribution >= 0.6 is 0 Å². The molecule has 5 rings (SSSR count). The van der Waals surface area contributed by atoms with E-state index in [1.54, 1.807) is 6.04 Å². The number of pyridine rings is 2. The summed E-state index contributed by atoms with van der Waals surface area (Å²) in [6.07, 6.45) is 13.7. The van der Waals surface area contributed by atoms with Crippen molar-refractivity contribution >= 4 is 28.7 Å². The van der Waals surface area contributed by atoms with Crippen LogP contribution in [0, 0.1) is 19.4 Å². The van der Waals surface area contributed by atoms with E-state index >= 15 is 0 Å². The summed E-state index contributed by atoms with van der Waals surface area (Å²) in [6, 6.07) is 21.1. The van der Waals surface area contributed by atoms with Gasteiger partial charge in [0.2, 0.25) is 6.41 Å². The van der Waals surface area contributed by atoms with Crippen LogP contribution in [0.15, 0.2) is 84.5 Å². The minimum Gasteiger partial charge on any atom is -0.402 e. The maximum Gasteiger partial charge on any atom is 0.204 e. The first-order chi connectivity index (χ1) is 22.7. The van der Waals surface area contributed by atoms with Crippen LogP contribution < -0.4 is 33.6 Å². The number of primary amides is 1. The molecule has 0 bridgehead atoms. The van der Waals surface area contributed by atoms with E-state index in [1.165, 1.54) is 22.4 Å². The van der Waals surface area contributed by atoms with Crippen LogP contribution in [0.3, 0.4) is 0 Å². The van der Waals surface area contributed by atoms with Gasteiger partial charge in [-0.15, -0.1) is 0 Å². The zero-order valence-electron chi connectivity index (χ0n) is 28.3. The molecule has 10 N–H and O–H groups in total. The van der Waals surface area contributed by atoms with Gasteiger partial charge in [0.1, 0.15) is 5.82 Å². The summed E-state index contributed by atoms with van der Waals surface area (Å²) >= 11 is 0. The molecular weight excluding hydrogens is 584 g/mol. The van der Waals surface area contributed by atoms with Gasteiger partial charge in [0.05, 0.1) is 22.6 Å². The van der Waals surface area contributed by atoms with E-state index in [-0.39, 0.29) is 6.41 Å². The molecule has 0 radical (unpaired) electrons. The summed E-state index contributed by atoms with van der Waals surface area (Å²) in [4.78, 5) is 18.3. The minimum absolute atomic E-state index is 0.250. The minimum atomic E-state index is 0.250. The molecule has 1 aliphatic rings. The average molecular weight is 635 g/mol. The molecule has 248 valence electrons. The maximum atomic E-state index is 8.58. The number of aromatic nitrogens is 2. The fourth-order valence-corrected chi connectivity index (χ4v) is 5.14. The van der Waals surface area contributed by atoms with Gasteiger partial charge in [0, 0.05) is 41.0 Å². The SMILES string of the molecule is C#CN.CC.CCC/C(N)=C/C=C(\N)Nc1cc(CCc2cc3c(c(-c4ccc(C)cc4)n2)NCC3C)cc2cccnc12.NC=O. The predicted octanol–water partition coefficient (Wildman–Crippen LogP) is 6.44. The second kappa shape index (κ2) is 19.8. The van der Waals surface area contributed by atoms with E-state index in [4.69, 9.17) is 21.2 Å². The Morgan fingerprint density at radius 1 is 1.11 bits per heavy atom. The number of nitrogens with two attached hydrogens (primary N) is 4. The Balaban J connectivity index is 0.000000878. The van der Waals surface area contributed by atoms with Crippen molar-refractivity contribution in [3.8, 4) is 23.7 Å². The molecule has 0 spiro atoms. The average Bonchev–Trinajstić information content (AvgIpc) is 3.45. The van der Waals surface area contributed by atoms with Gasteiger partial charge in [0.15, 0.2) is 0 Å². The van der Waals surface area contributed by atoms with Crippen LogP contribution in [0.1, 0.15) is 68.8 Å². The number of hydrogen-bond acceptors (Lipinski definition) is 8. The van der Waals surface area contributed by atoms with E-state index < -0.39 is 0 Å². The highest BCUT2D eigenvalue weighted by molar-refractivity contribution is 5.91. The van der Waals surface area contributed by atoms with Crippen LogP contribution in [0.5, 0.6) is 0 Å². The molecule has 2 aromatic heterocycles. The van der Waals surface area contributed by atoms with E-state index in [0.717, 1.165) is 71.5 Å². The third kappa shape index (κ3) is 11.1. The number of benzene rings is 2. The lowest BCUT2D eigenvalue weighted by Gasteiger charge is -2.14. The first-order valence-electron chi connectivity index (χ1n) is 16.0. The largest absolute Gasteiger partial charge is 0.402 e. The Morgan fingerprint density at radius 2 is 1.79 bits per heavy atom. The monoisotopic (exact) mass is 634 g/mol. The first kappa shape index (κ1) is 37.7. The maximum absolute atomic E-state index is 8.58. The highest BCUT2D eigenvalue weighted by Gasteiger charge is 2.24. The number of hydrogen-bond donors (Lipinski definition) is 6. The van der Waals surface area contributed by atoms with E-state index in [9.17, 15) is 0 Å².